The number of likely N-dealkylation sites (N-methyl/N-ethyl adjacent to an activating group) is 2. The molecule has 1 saturated carbocycles. The molecule has 0 aromatic heterocycles. The Hall–Kier alpha value is -0.860. The van der Waals surface area contributed by atoms with Crippen LogP contribution >= 0.6 is 0 Å². The molecule has 3 atom stereocenters. The maximum absolute atomic E-state index is 3.51. The Balaban J connectivity index is 2.05. The van der Waals surface area contributed by atoms with Gasteiger partial charge in [0.15, 0.2) is 0 Å². The number of nitrogens with one attached hydrogen (secondary N) is 1. The Kier molecular flexibility index (Phi) is 5.83. The third-order valence-corrected chi connectivity index (χ3v) is 5.38. The van der Waals surface area contributed by atoms with Gasteiger partial charge in [0.1, 0.15) is 0 Å². The summed E-state index contributed by atoms with van der Waals surface area (Å²) in [4.78, 5) is 2.58. The molecule has 0 saturated heterocycles. The molecule has 2 nitrogen and oxygen atoms in total. The largest absolute Gasteiger partial charge is 0.312 e. The van der Waals surface area contributed by atoms with E-state index >= 15 is 0 Å². The molecule has 0 spiro atoms. The quantitative estimate of drug-likeness (QED) is 0.878. The highest BCUT2D eigenvalue weighted by Gasteiger charge is 2.26. The summed E-state index contributed by atoms with van der Waals surface area (Å²) in [6.45, 7) is 7.90. The molecule has 0 heterocycles. The molecule has 2 heteroatoms. The Morgan fingerprint density at radius 2 is 1.90 bits per heavy atom. The van der Waals surface area contributed by atoms with Crippen molar-refractivity contribution in [2.24, 2.45) is 5.92 Å². The van der Waals surface area contributed by atoms with Crippen molar-refractivity contribution in [3.05, 3.63) is 34.9 Å². The van der Waals surface area contributed by atoms with Gasteiger partial charge in [-0.3, -0.25) is 0 Å². The molecule has 0 aliphatic heterocycles. The Morgan fingerprint density at radius 1 is 1.19 bits per heavy atom. The van der Waals surface area contributed by atoms with Gasteiger partial charge in [-0.25, -0.2) is 0 Å². The van der Waals surface area contributed by atoms with Crippen LogP contribution in [0.5, 0.6) is 0 Å². The summed E-state index contributed by atoms with van der Waals surface area (Å²) >= 11 is 0. The molecular weight excluding hydrogens is 256 g/mol. The minimum absolute atomic E-state index is 0.420. The van der Waals surface area contributed by atoms with Gasteiger partial charge in [-0.1, -0.05) is 38.0 Å². The van der Waals surface area contributed by atoms with Gasteiger partial charge < -0.3 is 10.2 Å². The lowest BCUT2D eigenvalue weighted by atomic mass is 9.85. The Labute approximate surface area is 130 Å². The van der Waals surface area contributed by atoms with Gasteiger partial charge in [-0.15, -0.1) is 0 Å². The zero-order valence-electron chi connectivity index (χ0n) is 14.4. The van der Waals surface area contributed by atoms with Gasteiger partial charge in [0, 0.05) is 18.6 Å². The summed E-state index contributed by atoms with van der Waals surface area (Å²) in [7, 11) is 4.38. The van der Waals surface area contributed by atoms with Crippen LogP contribution in [0.2, 0.25) is 0 Å². The molecule has 1 aliphatic carbocycles. The zero-order chi connectivity index (χ0) is 15.4. The zero-order valence-corrected chi connectivity index (χ0v) is 14.4. The van der Waals surface area contributed by atoms with Crippen molar-refractivity contribution >= 4 is 0 Å². The highest BCUT2D eigenvalue weighted by molar-refractivity contribution is 5.31. The van der Waals surface area contributed by atoms with Crippen molar-refractivity contribution in [2.75, 3.05) is 20.6 Å². The normalized spacial score (nSPS) is 24.3. The highest BCUT2D eigenvalue weighted by atomic mass is 15.2. The number of hydrogen-bond acceptors (Lipinski definition) is 2. The lowest BCUT2D eigenvalue weighted by Gasteiger charge is -2.38. The minimum atomic E-state index is 0.420. The number of rotatable bonds is 5. The second-order valence-corrected chi connectivity index (χ2v) is 6.95. The number of nitrogens with zero attached hydrogens (tertiary/aromatic N) is 1. The first kappa shape index (κ1) is 16.5. The Bertz CT molecular complexity index is 455. The molecule has 2 rings (SSSR count). The maximum Gasteiger partial charge on any atom is 0.0446 e. The van der Waals surface area contributed by atoms with E-state index in [9.17, 15) is 0 Å². The van der Waals surface area contributed by atoms with Crippen molar-refractivity contribution in [1.82, 2.24) is 10.2 Å². The predicted octanol–water partition coefficient (Wildman–Crippen LogP) is 4.07. The number of aryl methyl sites for hydroxylation is 2. The van der Waals surface area contributed by atoms with Gasteiger partial charge in [0.2, 0.25) is 0 Å². The Morgan fingerprint density at radius 3 is 2.52 bits per heavy atom. The highest BCUT2D eigenvalue weighted by Crippen LogP contribution is 2.28. The number of hydrogen-bond donors (Lipinski definition) is 1. The molecule has 1 N–H and O–H groups in total. The van der Waals surface area contributed by atoms with Gasteiger partial charge in [-0.05, 0) is 63.4 Å². The van der Waals surface area contributed by atoms with Gasteiger partial charge in [-0.2, -0.15) is 0 Å². The van der Waals surface area contributed by atoms with E-state index in [1.165, 1.54) is 42.4 Å². The van der Waals surface area contributed by atoms with Crippen LogP contribution in [-0.4, -0.2) is 31.6 Å². The fraction of sp³-hybridized carbons (Fsp3) is 0.684. The first-order chi connectivity index (χ1) is 10.0. The van der Waals surface area contributed by atoms with Crippen molar-refractivity contribution in [2.45, 2.75) is 58.5 Å². The molecule has 118 valence electrons. The van der Waals surface area contributed by atoms with Gasteiger partial charge >= 0.3 is 0 Å². The third-order valence-electron chi connectivity index (χ3n) is 5.38. The van der Waals surface area contributed by atoms with Crippen LogP contribution in [0.1, 0.15) is 55.3 Å². The van der Waals surface area contributed by atoms with Crippen molar-refractivity contribution in [1.29, 1.82) is 0 Å². The van der Waals surface area contributed by atoms with Crippen LogP contribution in [0, 0.1) is 19.8 Å². The van der Waals surface area contributed by atoms with E-state index in [-0.39, 0.29) is 0 Å². The van der Waals surface area contributed by atoms with Crippen LogP contribution < -0.4 is 5.32 Å². The molecule has 3 unspecified atom stereocenters. The average molecular weight is 288 g/mol. The van der Waals surface area contributed by atoms with Crippen molar-refractivity contribution < 1.29 is 0 Å². The fourth-order valence-corrected chi connectivity index (χ4v) is 3.72. The maximum atomic E-state index is 3.51. The molecule has 1 aromatic rings. The van der Waals surface area contributed by atoms with Crippen LogP contribution in [0.25, 0.3) is 0 Å². The SMILES string of the molecule is CNC(CN(C)C1CCCCC1C)c1ccc(C)c(C)c1. The summed E-state index contributed by atoms with van der Waals surface area (Å²) in [6.07, 6.45) is 5.56. The van der Waals surface area contributed by atoms with Crippen molar-refractivity contribution in [3.8, 4) is 0 Å². The van der Waals surface area contributed by atoms with E-state index in [2.05, 4.69) is 63.3 Å². The third kappa shape index (κ3) is 4.08. The summed E-state index contributed by atoms with van der Waals surface area (Å²) in [5.74, 6) is 0.834. The molecule has 1 aliphatic rings. The van der Waals surface area contributed by atoms with E-state index in [0.29, 0.717) is 6.04 Å². The summed E-state index contributed by atoms with van der Waals surface area (Å²) in [5.41, 5.74) is 4.18. The molecule has 0 radical (unpaired) electrons. The molecule has 0 bridgehead atoms. The first-order valence-corrected chi connectivity index (χ1v) is 8.47. The van der Waals surface area contributed by atoms with E-state index in [0.717, 1.165) is 18.5 Å². The monoisotopic (exact) mass is 288 g/mol. The fourth-order valence-electron chi connectivity index (χ4n) is 3.72. The van der Waals surface area contributed by atoms with Crippen molar-refractivity contribution in [3.63, 3.8) is 0 Å². The van der Waals surface area contributed by atoms with E-state index in [4.69, 9.17) is 0 Å². The second kappa shape index (κ2) is 7.42. The summed E-state index contributed by atoms with van der Waals surface area (Å²) in [6, 6.07) is 8.04. The standard InChI is InChI=1S/C19H32N2/c1-14-10-11-17(12-16(14)3)18(20-4)13-21(5)19-9-7-6-8-15(19)2/h10-12,15,18-20H,6-9,13H2,1-5H3. The van der Waals surface area contributed by atoms with Crippen LogP contribution in [0.4, 0.5) is 0 Å². The molecule has 1 aromatic carbocycles. The molecular formula is C19H32N2. The molecule has 1 fully saturated rings. The van der Waals surface area contributed by atoms with E-state index in [1.54, 1.807) is 0 Å². The topological polar surface area (TPSA) is 15.3 Å². The average Bonchev–Trinajstić information content (AvgIpc) is 2.48. The smallest absolute Gasteiger partial charge is 0.0446 e. The van der Waals surface area contributed by atoms with Crippen LogP contribution in [0.15, 0.2) is 18.2 Å². The van der Waals surface area contributed by atoms with E-state index < -0.39 is 0 Å². The first-order valence-electron chi connectivity index (χ1n) is 8.47. The van der Waals surface area contributed by atoms with Gasteiger partial charge in [0.05, 0.1) is 0 Å². The van der Waals surface area contributed by atoms with Gasteiger partial charge in [0.25, 0.3) is 0 Å². The van der Waals surface area contributed by atoms with Crippen LogP contribution in [0.3, 0.4) is 0 Å². The summed E-state index contributed by atoms with van der Waals surface area (Å²) in [5, 5.41) is 3.51. The predicted molar refractivity (Wildman–Crippen MR) is 91.8 cm³/mol. The lowest BCUT2D eigenvalue weighted by molar-refractivity contribution is 0.129. The van der Waals surface area contributed by atoms with E-state index in [1.807, 2.05) is 0 Å². The van der Waals surface area contributed by atoms with Crippen LogP contribution in [-0.2, 0) is 0 Å². The molecule has 0 amide bonds. The lowest BCUT2D eigenvalue weighted by Crippen LogP contribution is -2.42. The molecule has 21 heavy (non-hydrogen) atoms. The number of benzene rings is 1. The minimum Gasteiger partial charge on any atom is -0.312 e. The summed E-state index contributed by atoms with van der Waals surface area (Å²) < 4.78 is 0. The second-order valence-electron chi connectivity index (χ2n) is 6.95.